The van der Waals surface area contributed by atoms with E-state index < -0.39 is 6.10 Å². The summed E-state index contributed by atoms with van der Waals surface area (Å²) in [5.41, 5.74) is 3.40. The van der Waals surface area contributed by atoms with Crippen LogP contribution in [0.2, 0.25) is 5.02 Å². The normalized spacial score (nSPS) is 20.2. The number of anilines is 1. The van der Waals surface area contributed by atoms with Gasteiger partial charge in [0.25, 0.3) is 0 Å². The minimum atomic E-state index is -0.491. The number of nitrogens with one attached hydrogen (secondary N) is 1. The Balaban J connectivity index is 1.94. The topological polar surface area (TPSA) is 56.0 Å². The highest BCUT2D eigenvalue weighted by Gasteiger charge is 2.30. The molecule has 1 aliphatic carbocycles. The van der Waals surface area contributed by atoms with E-state index in [0.717, 1.165) is 11.1 Å². The molecule has 20 heavy (non-hydrogen) atoms. The van der Waals surface area contributed by atoms with Gasteiger partial charge in [-0.05, 0) is 29.3 Å². The molecular weight excluding hydrogens is 272 g/mol. The van der Waals surface area contributed by atoms with Gasteiger partial charge in [-0.25, -0.2) is 0 Å². The van der Waals surface area contributed by atoms with Crippen LogP contribution in [0.1, 0.15) is 22.7 Å². The molecule has 0 bridgehead atoms. The third-order valence-corrected chi connectivity index (χ3v) is 3.85. The second-order valence-corrected chi connectivity index (χ2v) is 5.33. The molecule has 100 valence electrons. The summed E-state index contributed by atoms with van der Waals surface area (Å²) < 4.78 is 0. The van der Waals surface area contributed by atoms with Crippen LogP contribution in [0.3, 0.4) is 0 Å². The van der Waals surface area contributed by atoms with Crippen LogP contribution in [0, 0.1) is 11.3 Å². The summed E-state index contributed by atoms with van der Waals surface area (Å²) in [4.78, 5) is 0. The molecule has 2 N–H and O–H groups in total. The molecule has 3 nitrogen and oxygen atoms in total. The van der Waals surface area contributed by atoms with E-state index in [1.54, 1.807) is 18.2 Å². The highest BCUT2D eigenvalue weighted by Crippen LogP contribution is 2.35. The van der Waals surface area contributed by atoms with Crippen molar-refractivity contribution >= 4 is 17.3 Å². The van der Waals surface area contributed by atoms with Gasteiger partial charge in [-0.2, -0.15) is 5.26 Å². The van der Waals surface area contributed by atoms with E-state index in [4.69, 9.17) is 16.9 Å². The Morgan fingerprint density at radius 2 is 2.05 bits per heavy atom. The minimum absolute atomic E-state index is 0.195. The van der Waals surface area contributed by atoms with E-state index in [9.17, 15) is 5.11 Å². The van der Waals surface area contributed by atoms with Crippen LogP contribution in [0.25, 0.3) is 0 Å². The molecule has 1 aliphatic rings. The van der Waals surface area contributed by atoms with Crippen LogP contribution in [0.15, 0.2) is 42.5 Å². The predicted octanol–water partition coefficient (Wildman–Crippen LogP) is 3.28. The monoisotopic (exact) mass is 284 g/mol. The van der Waals surface area contributed by atoms with Crippen molar-refractivity contribution in [2.45, 2.75) is 18.6 Å². The van der Waals surface area contributed by atoms with Crippen molar-refractivity contribution in [3.8, 4) is 6.07 Å². The van der Waals surface area contributed by atoms with Crippen LogP contribution in [0.5, 0.6) is 0 Å². The molecule has 0 aliphatic heterocycles. The first-order valence-corrected chi connectivity index (χ1v) is 6.79. The fraction of sp³-hybridized carbons (Fsp3) is 0.188. The summed E-state index contributed by atoms with van der Waals surface area (Å²) in [6.07, 6.45) is 0.137. The molecule has 0 saturated heterocycles. The van der Waals surface area contributed by atoms with Gasteiger partial charge in [-0.15, -0.1) is 0 Å². The van der Waals surface area contributed by atoms with E-state index in [1.807, 2.05) is 24.3 Å². The van der Waals surface area contributed by atoms with Gasteiger partial charge in [0, 0.05) is 11.4 Å². The van der Waals surface area contributed by atoms with Crippen molar-refractivity contribution in [1.82, 2.24) is 0 Å². The van der Waals surface area contributed by atoms with Crippen molar-refractivity contribution in [2.24, 2.45) is 0 Å². The average molecular weight is 285 g/mol. The number of halogens is 1. The van der Waals surface area contributed by atoms with Crippen molar-refractivity contribution < 1.29 is 5.11 Å². The fourth-order valence-electron chi connectivity index (χ4n) is 2.65. The summed E-state index contributed by atoms with van der Waals surface area (Å²) in [7, 11) is 0. The van der Waals surface area contributed by atoms with Crippen LogP contribution < -0.4 is 5.32 Å². The first kappa shape index (κ1) is 13.0. The Labute approximate surface area is 122 Å². The second-order valence-electron chi connectivity index (χ2n) is 4.89. The Hall–Kier alpha value is -2.02. The summed E-state index contributed by atoms with van der Waals surface area (Å²) in [5.74, 6) is 0. The maximum atomic E-state index is 10.2. The van der Waals surface area contributed by atoms with E-state index >= 15 is 0 Å². The van der Waals surface area contributed by atoms with Crippen LogP contribution in [0.4, 0.5) is 5.69 Å². The average Bonchev–Trinajstić information content (AvgIpc) is 2.77. The number of hydrogen-bond acceptors (Lipinski definition) is 3. The SMILES string of the molecule is N#Cc1cc(Cl)ccc1N[C@H]1c2ccccc2C[C@H]1O. The van der Waals surface area contributed by atoms with Gasteiger partial charge < -0.3 is 10.4 Å². The minimum Gasteiger partial charge on any atom is -0.390 e. The number of aliphatic hydroxyl groups is 1. The number of fused-ring (bicyclic) bond motifs is 1. The highest BCUT2D eigenvalue weighted by atomic mass is 35.5. The smallest absolute Gasteiger partial charge is 0.101 e. The van der Waals surface area contributed by atoms with Gasteiger partial charge in [0.1, 0.15) is 6.07 Å². The Bertz CT molecular complexity index is 693. The third-order valence-electron chi connectivity index (χ3n) is 3.62. The molecule has 0 saturated carbocycles. The van der Waals surface area contributed by atoms with Crippen molar-refractivity contribution in [1.29, 1.82) is 5.26 Å². The molecule has 0 radical (unpaired) electrons. The number of nitriles is 1. The Morgan fingerprint density at radius 3 is 2.85 bits per heavy atom. The van der Waals surface area contributed by atoms with E-state index in [-0.39, 0.29) is 6.04 Å². The quantitative estimate of drug-likeness (QED) is 0.890. The number of nitrogens with zero attached hydrogens (tertiary/aromatic N) is 1. The molecule has 0 aromatic heterocycles. The largest absolute Gasteiger partial charge is 0.390 e. The first-order chi connectivity index (χ1) is 9.69. The van der Waals surface area contributed by atoms with Gasteiger partial charge in [0.05, 0.1) is 23.4 Å². The number of benzene rings is 2. The van der Waals surface area contributed by atoms with Crippen LogP contribution in [-0.4, -0.2) is 11.2 Å². The third kappa shape index (κ3) is 2.24. The Morgan fingerprint density at radius 1 is 1.25 bits per heavy atom. The molecule has 4 heteroatoms. The van der Waals surface area contributed by atoms with Gasteiger partial charge in [-0.1, -0.05) is 35.9 Å². The number of aliphatic hydroxyl groups excluding tert-OH is 1. The first-order valence-electron chi connectivity index (χ1n) is 6.41. The zero-order valence-corrected chi connectivity index (χ0v) is 11.4. The molecule has 2 aromatic carbocycles. The lowest BCUT2D eigenvalue weighted by atomic mass is 10.1. The van der Waals surface area contributed by atoms with Crippen molar-refractivity contribution in [3.05, 3.63) is 64.2 Å². The molecule has 2 aromatic rings. The van der Waals surface area contributed by atoms with Crippen LogP contribution in [-0.2, 0) is 6.42 Å². The fourth-order valence-corrected chi connectivity index (χ4v) is 2.82. The molecule has 0 spiro atoms. The summed E-state index contributed by atoms with van der Waals surface area (Å²) in [6, 6.07) is 15.0. The molecule has 0 heterocycles. The molecule has 0 unspecified atom stereocenters. The predicted molar refractivity (Wildman–Crippen MR) is 78.7 cm³/mol. The molecule has 0 fully saturated rings. The second kappa shape index (κ2) is 5.16. The maximum Gasteiger partial charge on any atom is 0.101 e. The molecule has 2 atom stereocenters. The summed E-state index contributed by atoms with van der Waals surface area (Å²) in [6.45, 7) is 0. The Kier molecular flexibility index (Phi) is 3.35. The van der Waals surface area contributed by atoms with E-state index in [1.165, 1.54) is 0 Å². The summed E-state index contributed by atoms with van der Waals surface area (Å²) in [5, 5.41) is 23.2. The number of hydrogen-bond donors (Lipinski definition) is 2. The van der Waals surface area contributed by atoms with Gasteiger partial charge >= 0.3 is 0 Å². The summed E-state index contributed by atoms with van der Waals surface area (Å²) >= 11 is 5.89. The molecular formula is C16H13ClN2O. The van der Waals surface area contributed by atoms with Gasteiger partial charge in [0.15, 0.2) is 0 Å². The standard InChI is InChI=1S/C16H13ClN2O/c17-12-5-6-14(11(7-12)9-18)19-16-13-4-2-1-3-10(13)8-15(16)20/h1-7,15-16,19-20H,8H2/t15-,16+/m1/s1. The van der Waals surface area contributed by atoms with E-state index in [0.29, 0.717) is 22.7 Å². The van der Waals surface area contributed by atoms with Crippen molar-refractivity contribution in [3.63, 3.8) is 0 Å². The lowest BCUT2D eigenvalue weighted by molar-refractivity contribution is 0.166. The van der Waals surface area contributed by atoms with Crippen molar-refractivity contribution in [2.75, 3.05) is 5.32 Å². The van der Waals surface area contributed by atoms with Gasteiger partial charge in [-0.3, -0.25) is 0 Å². The van der Waals surface area contributed by atoms with Gasteiger partial charge in [0.2, 0.25) is 0 Å². The zero-order chi connectivity index (χ0) is 14.1. The number of rotatable bonds is 2. The molecule has 0 amide bonds. The maximum absolute atomic E-state index is 10.2. The van der Waals surface area contributed by atoms with Crippen LogP contribution >= 0.6 is 11.6 Å². The highest BCUT2D eigenvalue weighted by molar-refractivity contribution is 6.30. The molecule has 3 rings (SSSR count). The lowest BCUT2D eigenvalue weighted by Crippen LogP contribution is -2.21. The zero-order valence-electron chi connectivity index (χ0n) is 10.7. The lowest BCUT2D eigenvalue weighted by Gasteiger charge is -2.20. The van der Waals surface area contributed by atoms with E-state index in [2.05, 4.69) is 11.4 Å².